The maximum atomic E-state index is 11.6. The summed E-state index contributed by atoms with van der Waals surface area (Å²) in [6, 6.07) is 19.0. The van der Waals surface area contributed by atoms with Gasteiger partial charge in [0.25, 0.3) is 0 Å². The highest BCUT2D eigenvalue weighted by atomic mass is 16.2. The van der Waals surface area contributed by atoms with Gasteiger partial charge in [0.05, 0.1) is 6.21 Å². The summed E-state index contributed by atoms with van der Waals surface area (Å²) >= 11 is 0. The highest BCUT2D eigenvalue weighted by Crippen LogP contribution is 1.98. The number of hydrogen-bond acceptors (Lipinski definition) is 3. The largest absolute Gasteiger partial charge is 0.347 e. The lowest BCUT2D eigenvalue weighted by Crippen LogP contribution is -2.38. The van der Waals surface area contributed by atoms with Gasteiger partial charge in [0, 0.05) is 6.54 Å². The summed E-state index contributed by atoms with van der Waals surface area (Å²) in [7, 11) is 0. The van der Waals surface area contributed by atoms with E-state index in [9.17, 15) is 9.59 Å². The number of nitrogens with zero attached hydrogens (tertiary/aromatic N) is 1. The second kappa shape index (κ2) is 8.36. The van der Waals surface area contributed by atoms with Gasteiger partial charge in [-0.15, -0.1) is 0 Å². The predicted octanol–water partition coefficient (Wildman–Crippen LogP) is 1.50. The monoisotopic (exact) mass is 295 g/mol. The van der Waals surface area contributed by atoms with Crippen LogP contribution in [0.1, 0.15) is 11.1 Å². The minimum atomic E-state index is -0.778. The van der Waals surface area contributed by atoms with E-state index in [0.29, 0.717) is 13.0 Å². The summed E-state index contributed by atoms with van der Waals surface area (Å²) in [4.78, 5) is 23.1. The molecule has 0 heterocycles. The molecule has 0 saturated heterocycles. The lowest BCUT2D eigenvalue weighted by atomic mass is 10.1. The molecule has 0 radical (unpaired) electrons. The molecular formula is C17H17N3O2. The van der Waals surface area contributed by atoms with Crippen LogP contribution in [0.2, 0.25) is 0 Å². The fourth-order valence-electron chi connectivity index (χ4n) is 1.80. The first-order chi connectivity index (χ1) is 10.8. The van der Waals surface area contributed by atoms with Crippen LogP contribution in [-0.4, -0.2) is 24.6 Å². The summed E-state index contributed by atoms with van der Waals surface area (Å²) < 4.78 is 0. The average Bonchev–Trinajstić information content (AvgIpc) is 2.56. The van der Waals surface area contributed by atoms with Crippen LogP contribution in [0.15, 0.2) is 65.8 Å². The first-order valence-corrected chi connectivity index (χ1v) is 6.96. The van der Waals surface area contributed by atoms with E-state index in [0.717, 1.165) is 11.1 Å². The van der Waals surface area contributed by atoms with Crippen LogP contribution in [0.4, 0.5) is 0 Å². The summed E-state index contributed by atoms with van der Waals surface area (Å²) in [5.74, 6) is -1.47. The minimum absolute atomic E-state index is 0.401. The Hall–Kier alpha value is -2.95. The van der Waals surface area contributed by atoms with E-state index in [-0.39, 0.29) is 0 Å². The highest BCUT2D eigenvalue weighted by Gasteiger charge is 2.11. The highest BCUT2D eigenvalue weighted by molar-refractivity contribution is 6.35. The van der Waals surface area contributed by atoms with Crippen molar-refractivity contribution in [1.82, 2.24) is 10.7 Å². The van der Waals surface area contributed by atoms with Gasteiger partial charge in [-0.25, -0.2) is 5.43 Å². The second-order valence-corrected chi connectivity index (χ2v) is 4.60. The van der Waals surface area contributed by atoms with Gasteiger partial charge in [-0.2, -0.15) is 5.10 Å². The van der Waals surface area contributed by atoms with Gasteiger partial charge in [0.2, 0.25) is 0 Å². The molecule has 0 unspecified atom stereocenters. The van der Waals surface area contributed by atoms with E-state index in [2.05, 4.69) is 15.8 Å². The molecule has 2 aromatic carbocycles. The minimum Gasteiger partial charge on any atom is -0.347 e. The number of nitrogens with one attached hydrogen (secondary N) is 2. The Morgan fingerprint density at radius 1 is 0.909 bits per heavy atom. The smallest absolute Gasteiger partial charge is 0.329 e. The molecule has 2 amide bonds. The number of hydrazone groups is 1. The van der Waals surface area contributed by atoms with Crippen LogP contribution >= 0.6 is 0 Å². The van der Waals surface area contributed by atoms with Gasteiger partial charge in [-0.1, -0.05) is 60.7 Å². The molecule has 5 heteroatoms. The van der Waals surface area contributed by atoms with Gasteiger partial charge < -0.3 is 5.32 Å². The van der Waals surface area contributed by atoms with Crippen molar-refractivity contribution in [1.29, 1.82) is 0 Å². The van der Waals surface area contributed by atoms with Crippen molar-refractivity contribution in [3.05, 3.63) is 71.8 Å². The number of carbonyl (C=O) groups is 2. The van der Waals surface area contributed by atoms with Crippen molar-refractivity contribution in [3.8, 4) is 0 Å². The third-order valence-corrected chi connectivity index (χ3v) is 2.93. The summed E-state index contributed by atoms with van der Waals surface area (Å²) in [6.45, 7) is 0.401. The van der Waals surface area contributed by atoms with E-state index in [1.54, 1.807) is 0 Å². The fraction of sp³-hybridized carbons (Fsp3) is 0.118. The maximum absolute atomic E-state index is 11.6. The van der Waals surface area contributed by atoms with Gasteiger partial charge in [0.15, 0.2) is 0 Å². The Balaban J connectivity index is 1.71. The Morgan fingerprint density at radius 2 is 1.55 bits per heavy atom. The molecule has 0 atom stereocenters. The molecule has 2 rings (SSSR count). The van der Waals surface area contributed by atoms with E-state index in [1.807, 2.05) is 60.7 Å². The molecule has 0 aromatic heterocycles. The molecular weight excluding hydrogens is 278 g/mol. The normalized spacial score (nSPS) is 10.4. The summed E-state index contributed by atoms with van der Waals surface area (Å²) in [6.07, 6.45) is 2.16. The van der Waals surface area contributed by atoms with Crippen LogP contribution < -0.4 is 10.7 Å². The first kappa shape index (κ1) is 15.4. The number of hydrogen-bond donors (Lipinski definition) is 2. The molecule has 2 N–H and O–H groups in total. The zero-order valence-electron chi connectivity index (χ0n) is 12.0. The number of rotatable bonds is 5. The van der Waals surface area contributed by atoms with Crippen LogP contribution in [0.25, 0.3) is 0 Å². The Morgan fingerprint density at radius 3 is 2.23 bits per heavy atom. The zero-order valence-corrected chi connectivity index (χ0v) is 12.0. The number of amides is 2. The molecule has 0 aliphatic rings. The third kappa shape index (κ3) is 5.20. The van der Waals surface area contributed by atoms with Crippen LogP contribution in [0.5, 0.6) is 0 Å². The zero-order chi connectivity index (χ0) is 15.6. The van der Waals surface area contributed by atoms with Gasteiger partial charge in [-0.05, 0) is 17.5 Å². The molecule has 0 saturated carbocycles. The molecule has 5 nitrogen and oxygen atoms in total. The predicted molar refractivity (Wildman–Crippen MR) is 85.3 cm³/mol. The Kier molecular flexibility index (Phi) is 5.87. The number of carbonyl (C=O) groups excluding carboxylic acids is 2. The lowest BCUT2D eigenvalue weighted by Gasteiger charge is -2.04. The Bertz CT molecular complexity index is 639. The van der Waals surface area contributed by atoms with Crippen molar-refractivity contribution >= 4 is 18.0 Å². The molecule has 0 spiro atoms. The van der Waals surface area contributed by atoms with Crippen molar-refractivity contribution < 1.29 is 9.59 Å². The molecule has 0 aliphatic carbocycles. The van der Waals surface area contributed by atoms with Crippen molar-refractivity contribution in [2.45, 2.75) is 6.42 Å². The van der Waals surface area contributed by atoms with E-state index in [4.69, 9.17) is 0 Å². The standard InChI is InChI=1S/C17H17N3O2/c21-16(18-12-11-14-7-3-1-4-8-14)17(22)20-19-13-15-9-5-2-6-10-15/h1-10,13H,11-12H2,(H,18,21)(H,20,22)/b19-13+. The Labute approximate surface area is 129 Å². The van der Waals surface area contributed by atoms with Crippen molar-refractivity contribution in [2.75, 3.05) is 6.54 Å². The van der Waals surface area contributed by atoms with Crippen molar-refractivity contribution in [2.24, 2.45) is 5.10 Å². The van der Waals surface area contributed by atoms with Crippen LogP contribution in [0.3, 0.4) is 0 Å². The number of benzene rings is 2. The third-order valence-electron chi connectivity index (χ3n) is 2.93. The van der Waals surface area contributed by atoms with E-state index >= 15 is 0 Å². The first-order valence-electron chi connectivity index (χ1n) is 6.96. The average molecular weight is 295 g/mol. The van der Waals surface area contributed by atoms with Gasteiger partial charge in [0.1, 0.15) is 0 Å². The molecule has 0 aliphatic heterocycles. The quantitative estimate of drug-likeness (QED) is 0.498. The van der Waals surface area contributed by atoms with Crippen LogP contribution in [-0.2, 0) is 16.0 Å². The molecule has 0 bridgehead atoms. The molecule has 22 heavy (non-hydrogen) atoms. The van der Waals surface area contributed by atoms with Gasteiger partial charge in [-0.3, -0.25) is 9.59 Å². The van der Waals surface area contributed by atoms with E-state index in [1.165, 1.54) is 6.21 Å². The van der Waals surface area contributed by atoms with Crippen LogP contribution in [0, 0.1) is 0 Å². The fourth-order valence-corrected chi connectivity index (χ4v) is 1.80. The van der Waals surface area contributed by atoms with Gasteiger partial charge >= 0.3 is 11.8 Å². The summed E-state index contributed by atoms with van der Waals surface area (Å²) in [5, 5.41) is 6.30. The van der Waals surface area contributed by atoms with E-state index < -0.39 is 11.8 Å². The SMILES string of the molecule is O=C(NCCc1ccccc1)C(=O)N/N=C/c1ccccc1. The molecule has 112 valence electrons. The summed E-state index contributed by atoms with van der Waals surface area (Å²) in [5.41, 5.74) is 4.14. The molecule has 2 aromatic rings. The van der Waals surface area contributed by atoms with Crippen molar-refractivity contribution in [3.63, 3.8) is 0 Å². The lowest BCUT2D eigenvalue weighted by molar-refractivity contribution is -0.139. The second-order valence-electron chi connectivity index (χ2n) is 4.60. The molecule has 0 fully saturated rings. The topological polar surface area (TPSA) is 70.6 Å². The maximum Gasteiger partial charge on any atom is 0.329 e.